The van der Waals surface area contributed by atoms with Crippen molar-refractivity contribution in [3.63, 3.8) is 0 Å². The number of carbonyl (C=O) groups is 1. The molecule has 0 saturated heterocycles. The normalized spacial score (nSPS) is 14.8. The standard InChI is InChI=1S/C13H15N3OS2/c1-8-5-18-12-11(8)15-7-16-13(12)19-6-10(17)14-4-9-2-3-9/h5,7,9H,2-4,6H2,1H3,(H,14,17). The number of fused-ring (bicyclic) bond motifs is 1. The van der Waals surface area contributed by atoms with Gasteiger partial charge in [0, 0.05) is 6.54 Å². The lowest BCUT2D eigenvalue weighted by Crippen LogP contribution is -2.27. The third-order valence-electron chi connectivity index (χ3n) is 3.12. The highest BCUT2D eigenvalue weighted by Crippen LogP contribution is 2.31. The highest BCUT2D eigenvalue weighted by atomic mass is 32.2. The van der Waals surface area contributed by atoms with E-state index in [1.54, 1.807) is 17.7 Å². The van der Waals surface area contributed by atoms with Gasteiger partial charge in [0.2, 0.25) is 5.91 Å². The lowest BCUT2D eigenvalue weighted by Gasteiger charge is -2.04. The number of rotatable bonds is 5. The van der Waals surface area contributed by atoms with E-state index in [4.69, 9.17) is 0 Å². The fraction of sp³-hybridized carbons (Fsp3) is 0.462. The molecule has 2 aromatic heterocycles. The molecular formula is C13H15N3OS2. The van der Waals surface area contributed by atoms with E-state index >= 15 is 0 Å². The van der Waals surface area contributed by atoms with Crippen LogP contribution in [0, 0.1) is 12.8 Å². The molecule has 0 aliphatic heterocycles. The molecule has 4 nitrogen and oxygen atoms in total. The van der Waals surface area contributed by atoms with Crippen molar-refractivity contribution in [1.29, 1.82) is 0 Å². The van der Waals surface area contributed by atoms with Crippen LogP contribution in [0.5, 0.6) is 0 Å². The van der Waals surface area contributed by atoms with Gasteiger partial charge in [0.25, 0.3) is 0 Å². The van der Waals surface area contributed by atoms with Gasteiger partial charge in [-0.05, 0) is 36.6 Å². The van der Waals surface area contributed by atoms with Gasteiger partial charge in [-0.15, -0.1) is 11.3 Å². The van der Waals surface area contributed by atoms with Crippen LogP contribution in [0.15, 0.2) is 16.7 Å². The smallest absolute Gasteiger partial charge is 0.230 e. The fourth-order valence-corrected chi connectivity index (χ4v) is 3.74. The van der Waals surface area contributed by atoms with Crippen LogP contribution >= 0.6 is 23.1 Å². The monoisotopic (exact) mass is 293 g/mol. The van der Waals surface area contributed by atoms with Crippen LogP contribution in [0.4, 0.5) is 0 Å². The first-order valence-corrected chi connectivity index (χ1v) is 8.19. The summed E-state index contributed by atoms with van der Waals surface area (Å²) in [7, 11) is 0. The van der Waals surface area contributed by atoms with Crippen molar-refractivity contribution in [3.8, 4) is 0 Å². The van der Waals surface area contributed by atoms with E-state index in [-0.39, 0.29) is 5.91 Å². The van der Waals surface area contributed by atoms with Crippen molar-refractivity contribution >= 4 is 39.2 Å². The molecule has 0 spiro atoms. The van der Waals surface area contributed by atoms with Crippen molar-refractivity contribution in [3.05, 3.63) is 17.3 Å². The van der Waals surface area contributed by atoms with E-state index in [2.05, 4.69) is 20.7 Å². The second-order valence-corrected chi connectivity index (χ2v) is 6.66. The van der Waals surface area contributed by atoms with Gasteiger partial charge in [-0.3, -0.25) is 4.79 Å². The van der Waals surface area contributed by atoms with E-state index in [9.17, 15) is 4.79 Å². The topological polar surface area (TPSA) is 54.9 Å². The molecule has 6 heteroatoms. The first-order chi connectivity index (χ1) is 9.24. The maximum absolute atomic E-state index is 11.7. The Kier molecular flexibility index (Phi) is 3.70. The van der Waals surface area contributed by atoms with Gasteiger partial charge in [-0.2, -0.15) is 0 Å². The number of thiophene rings is 1. The summed E-state index contributed by atoms with van der Waals surface area (Å²) in [4.78, 5) is 20.3. The van der Waals surface area contributed by atoms with Gasteiger partial charge in [0.05, 0.1) is 16.0 Å². The molecule has 2 heterocycles. The molecule has 2 aromatic rings. The molecule has 1 aliphatic carbocycles. The van der Waals surface area contributed by atoms with E-state index < -0.39 is 0 Å². The summed E-state index contributed by atoms with van der Waals surface area (Å²) in [6.07, 6.45) is 4.09. The van der Waals surface area contributed by atoms with Gasteiger partial charge in [0.1, 0.15) is 11.4 Å². The first kappa shape index (κ1) is 12.9. The molecular weight excluding hydrogens is 278 g/mol. The minimum Gasteiger partial charge on any atom is -0.355 e. The number of amides is 1. The predicted molar refractivity (Wildman–Crippen MR) is 78.6 cm³/mol. The summed E-state index contributed by atoms with van der Waals surface area (Å²) < 4.78 is 1.08. The minimum atomic E-state index is 0.0944. The fourth-order valence-electron chi connectivity index (χ4n) is 1.82. The summed E-state index contributed by atoms with van der Waals surface area (Å²) in [5.41, 5.74) is 2.17. The second kappa shape index (κ2) is 5.46. The zero-order chi connectivity index (χ0) is 13.2. The Hall–Kier alpha value is -1.14. The molecule has 1 amide bonds. The SMILES string of the molecule is Cc1csc2c(SCC(=O)NCC3CC3)ncnc12. The number of aromatic nitrogens is 2. The Morgan fingerprint density at radius 2 is 2.37 bits per heavy atom. The molecule has 0 radical (unpaired) electrons. The van der Waals surface area contributed by atoms with Crippen LogP contribution in [0.1, 0.15) is 18.4 Å². The highest BCUT2D eigenvalue weighted by Gasteiger charge is 2.21. The lowest BCUT2D eigenvalue weighted by molar-refractivity contribution is -0.118. The molecule has 1 N–H and O–H groups in total. The average molecular weight is 293 g/mol. The Morgan fingerprint density at radius 3 is 3.16 bits per heavy atom. The third-order valence-corrected chi connectivity index (χ3v) is 5.34. The zero-order valence-corrected chi connectivity index (χ0v) is 12.3. The summed E-state index contributed by atoms with van der Waals surface area (Å²) >= 11 is 3.13. The van der Waals surface area contributed by atoms with Gasteiger partial charge in [-0.25, -0.2) is 9.97 Å². The minimum absolute atomic E-state index is 0.0944. The number of carbonyl (C=O) groups excluding carboxylic acids is 1. The maximum atomic E-state index is 11.7. The zero-order valence-electron chi connectivity index (χ0n) is 10.7. The molecule has 3 rings (SSSR count). The van der Waals surface area contributed by atoms with Crippen LogP contribution in [0.25, 0.3) is 10.2 Å². The largest absolute Gasteiger partial charge is 0.355 e. The molecule has 100 valence electrons. The Balaban J connectivity index is 1.62. The summed E-state index contributed by atoms with van der Waals surface area (Å²) in [5, 5.41) is 5.96. The molecule has 1 aliphatic rings. The summed E-state index contributed by atoms with van der Waals surface area (Å²) in [6.45, 7) is 2.87. The number of nitrogens with zero attached hydrogens (tertiary/aromatic N) is 2. The summed E-state index contributed by atoms with van der Waals surface area (Å²) in [5.74, 6) is 1.24. The van der Waals surface area contributed by atoms with E-state index in [1.807, 2.05) is 6.92 Å². The molecule has 1 saturated carbocycles. The number of hydrogen-bond donors (Lipinski definition) is 1. The number of hydrogen-bond acceptors (Lipinski definition) is 5. The number of aryl methyl sites for hydroxylation is 1. The van der Waals surface area contributed by atoms with Crippen LogP contribution < -0.4 is 5.32 Å². The quantitative estimate of drug-likeness (QED) is 0.680. The van der Waals surface area contributed by atoms with Crippen molar-refractivity contribution in [2.75, 3.05) is 12.3 Å². The van der Waals surface area contributed by atoms with Crippen molar-refractivity contribution in [2.24, 2.45) is 5.92 Å². The van der Waals surface area contributed by atoms with Crippen LogP contribution in [-0.2, 0) is 4.79 Å². The molecule has 0 unspecified atom stereocenters. The summed E-state index contributed by atoms with van der Waals surface area (Å²) in [6, 6.07) is 0. The molecule has 0 aromatic carbocycles. The number of nitrogens with one attached hydrogen (secondary N) is 1. The Labute approximate surface area is 120 Å². The second-order valence-electron chi connectivity index (χ2n) is 4.81. The van der Waals surface area contributed by atoms with Crippen LogP contribution in [0.3, 0.4) is 0 Å². The molecule has 19 heavy (non-hydrogen) atoms. The van der Waals surface area contributed by atoms with E-state index in [0.717, 1.165) is 27.7 Å². The first-order valence-electron chi connectivity index (χ1n) is 6.32. The van der Waals surface area contributed by atoms with Gasteiger partial charge >= 0.3 is 0 Å². The highest BCUT2D eigenvalue weighted by molar-refractivity contribution is 8.00. The molecule has 1 fully saturated rings. The van der Waals surface area contributed by atoms with E-state index in [0.29, 0.717) is 5.75 Å². The average Bonchev–Trinajstić information content (AvgIpc) is 3.18. The van der Waals surface area contributed by atoms with Crippen LogP contribution in [0.2, 0.25) is 0 Å². The van der Waals surface area contributed by atoms with Gasteiger partial charge in [0.15, 0.2) is 0 Å². The van der Waals surface area contributed by atoms with Crippen molar-refractivity contribution in [1.82, 2.24) is 15.3 Å². The predicted octanol–water partition coefficient (Wildman–Crippen LogP) is 2.62. The van der Waals surface area contributed by atoms with Crippen molar-refractivity contribution < 1.29 is 4.79 Å². The Bertz CT molecular complexity index is 607. The third kappa shape index (κ3) is 3.06. The van der Waals surface area contributed by atoms with Crippen molar-refractivity contribution in [2.45, 2.75) is 24.8 Å². The lowest BCUT2D eigenvalue weighted by atomic mass is 10.3. The van der Waals surface area contributed by atoms with Gasteiger partial charge < -0.3 is 5.32 Å². The Morgan fingerprint density at radius 1 is 1.53 bits per heavy atom. The van der Waals surface area contributed by atoms with Gasteiger partial charge in [-0.1, -0.05) is 11.8 Å². The number of thioether (sulfide) groups is 1. The molecule has 0 atom stereocenters. The van der Waals surface area contributed by atoms with Crippen LogP contribution in [-0.4, -0.2) is 28.2 Å². The molecule has 0 bridgehead atoms. The maximum Gasteiger partial charge on any atom is 0.230 e. The van der Waals surface area contributed by atoms with E-state index in [1.165, 1.54) is 30.2 Å².